The lowest BCUT2D eigenvalue weighted by molar-refractivity contribution is -0.141. The summed E-state index contributed by atoms with van der Waals surface area (Å²) in [6.07, 6.45) is 11.3. The van der Waals surface area contributed by atoms with E-state index in [1.165, 1.54) is 12.2 Å². The Labute approximate surface area is 259 Å². The van der Waals surface area contributed by atoms with E-state index in [1.807, 2.05) is 0 Å². The standard InChI is InChI=1S/C33H47BrNO6P/c1-21(2)25-11-9-23(5)29(18-25)40-42(37,41-30-19-26(22(3)4)12-10-24(30)6)33(27-8-7-17-35-20-27)39-32(36)16-14-28-13-15-31(34)38-28/h7-8,13-17,20-26,29-30,33H,9-12,18-19H2,1-6H3. The zero-order valence-electron chi connectivity index (χ0n) is 25.8. The van der Waals surface area contributed by atoms with Crippen LogP contribution >= 0.6 is 23.5 Å². The maximum atomic E-state index is 15.3. The highest BCUT2D eigenvalue weighted by atomic mass is 79.9. The first kappa shape index (κ1) is 33.2. The Morgan fingerprint density at radius 2 is 1.57 bits per heavy atom. The molecule has 4 rings (SSSR count). The summed E-state index contributed by atoms with van der Waals surface area (Å²) >= 11 is 3.27. The van der Waals surface area contributed by atoms with Crippen LogP contribution in [0.5, 0.6) is 0 Å². The number of carbonyl (C=O) groups is 1. The molecule has 42 heavy (non-hydrogen) atoms. The molecule has 2 aromatic rings. The molecule has 2 aliphatic rings. The van der Waals surface area contributed by atoms with E-state index in [0.717, 1.165) is 38.5 Å². The molecule has 2 fully saturated rings. The second-order valence-electron chi connectivity index (χ2n) is 13.0. The van der Waals surface area contributed by atoms with Gasteiger partial charge >= 0.3 is 13.6 Å². The van der Waals surface area contributed by atoms with Gasteiger partial charge in [0, 0.05) is 24.0 Å². The molecule has 0 amide bonds. The number of carbonyl (C=O) groups excluding carboxylic acids is 1. The topological polar surface area (TPSA) is 87.9 Å². The molecule has 0 N–H and O–H groups in total. The van der Waals surface area contributed by atoms with E-state index in [0.29, 0.717) is 39.7 Å². The van der Waals surface area contributed by atoms with Gasteiger partial charge in [-0.15, -0.1) is 0 Å². The predicted molar refractivity (Wildman–Crippen MR) is 169 cm³/mol. The first-order valence-electron chi connectivity index (χ1n) is 15.5. The van der Waals surface area contributed by atoms with Gasteiger partial charge in [0.15, 0.2) is 4.67 Å². The Morgan fingerprint density at radius 1 is 0.976 bits per heavy atom. The fourth-order valence-electron chi connectivity index (χ4n) is 6.20. The van der Waals surface area contributed by atoms with Gasteiger partial charge in [-0.1, -0.05) is 47.6 Å². The largest absolute Gasteiger partial charge is 0.450 e. The maximum Gasteiger partial charge on any atom is 0.376 e. The minimum atomic E-state index is -4.07. The van der Waals surface area contributed by atoms with Gasteiger partial charge in [-0.25, -0.2) is 4.79 Å². The van der Waals surface area contributed by atoms with Crippen molar-refractivity contribution in [2.24, 2.45) is 35.5 Å². The van der Waals surface area contributed by atoms with Gasteiger partial charge in [0.1, 0.15) is 5.76 Å². The van der Waals surface area contributed by atoms with E-state index in [9.17, 15) is 4.79 Å². The molecule has 7 nitrogen and oxygen atoms in total. The minimum Gasteiger partial charge on any atom is -0.450 e. The summed E-state index contributed by atoms with van der Waals surface area (Å²) in [7, 11) is -4.07. The van der Waals surface area contributed by atoms with Crippen molar-refractivity contribution in [2.45, 2.75) is 98.1 Å². The molecule has 0 saturated heterocycles. The van der Waals surface area contributed by atoms with Crippen molar-refractivity contribution >= 4 is 35.6 Å². The van der Waals surface area contributed by atoms with Crippen LogP contribution in [0, 0.1) is 35.5 Å². The summed E-state index contributed by atoms with van der Waals surface area (Å²) in [6.45, 7) is 13.2. The predicted octanol–water partition coefficient (Wildman–Crippen LogP) is 9.84. The van der Waals surface area contributed by atoms with Crippen LogP contribution in [0.25, 0.3) is 6.08 Å². The summed E-state index contributed by atoms with van der Waals surface area (Å²) < 4.78 is 40.7. The quantitative estimate of drug-likeness (QED) is 0.134. The molecule has 0 radical (unpaired) electrons. The number of halogens is 1. The Morgan fingerprint density at radius 3 is 2.05 bits per heavy atom. The van der Waals surface area contributed by atoms with E-state index in [1.54, 1.807) is 36.7 Å². The third-order valence-electron chi connectivity index (χ3n) is 9.24. The number of pyridine rings is 1. The third-order valence-corrected chi connectivity index (χ3v) is 11.8. The van der Waals surface area contributed by atoms with Crippen molar-refractivity contribution in [3.05, 3.63) is 58.7 Å². The van der Waals surface area contributed by atoms with Crippen molar-refractivity contribution < 1.29 is 27.6 Å². The minimum absolute atomic E-state index is 0.201. The monoisotopic (exact) mass is 663 g/mol. The van der Waals surface area contributed by atoms with E-state index in [4.69, 9.17) is 18.2 Å². The Bertz CT molecular complexity index is 1190. The number of nitrogens with zero attached hydrogens (tertiary/aromatic N) is 1. The number of furan rings is 1. The molecule has 2 aliphatic carbocycles. The van der Waals surface area contributed by atoms with Crippen LogP contribution in [0.3, 0.4) is 0 Å². The molecular weight excluding hydrogens is 617 g/mol. The van der Waals surface area contributed by atoms with Crippen LogP contribution in [0.2, 0.25) is 0 Å². The molecular formula is C33H47BrNO6P. The van der Waals surface area contributed by atoms with Crippen LogP contribution < -0.4 is 0 Å². The third kappa shape index (κ3) is 8.68. The van der Waals surface area contributed by atoms with Crippen LogP contribution in [-0.4, -0.2) is 23.2 Å². The lowest BCUT2D eigenvalue weighted by Crippen LogP contribution is -2.35. The van der Waals surface area contributed by atoms with Crippen molar-refractivity contribution in [2.75, 3.05) is 0 Å². The summed E-state index contributed by atoms with van der Waals surface area (Å²) in [4.78, 5) is 17.5. The van der Waals surface area contributed by atoms with Gasteiger partial charge in [0.25, 0.3) is 0 Å². The van der Waals surface area contributed by atoms with Crippen molar-refractivity contribution in [3.63, 3.8) is 0 Å². The lowest BCUT2D eigenvalue weighted by atomic mass is 9.76. The number of rotatable bonds is 11. The average molecular weight is 665 g/mol. The highest BCUT2D eigenvalue weighted by Gasteiger charge is 2.48. The Balaban J connectivity index is 1.69. The molecule has 0 spiro atoms. The van der Waals surface area contributed by atoms with Gasteiger partial charge in [-0.2, -0.15) is 0 Å². The molecule has 2 aromatic heterocycles. The van der Waals surface area contributed by atoms with Crippen molar-refractivity contribution in [1.82, 2.24) is 4.98 Å². The maximum absolute atomic E-state index is 15.3. The summed E-state index contributed by atoms with van der Waals surface area (Å²) in [5, 5.41) is 0. The number of hydrogen-bond donors (Lipinski definition) is 0. The van der Waals surface area contributed by atoms with Crippen LogP contribution in [0.1, 0.15) is 97.2 Å². The lowest BCUT2D eigenvalue weighted by Gasteiger charge is -2.42. The molecule has 9 heteroatoms. The number of aromatic nitrogens is 1. The zero-order chi connectivity index (χ0) is 30.4. The van der Waals surface area contributed by atoms with Gasteiger partial charge in [0.05, 0.1) is 12.2 Å². The Hall–Kier alpha value is -1.73. The normalized spacial score (nSPS) is 29.1. The van der Waals surface area contributed by atoms with E-state index in [2.05, 4.69) is 62.5 Å². The zero-order valence-corrected chi connectivity index (χ0v) is 28.3. The first-order valence-corrected chi connectivity index (χ1v) is 17.9. The molecule has 0 bridgehead atoms. The molecule has 2 heterocycles. The smallest absolute Gasteiger partial charge is 0.376 e. The van der Waals surface area contributed by atoms with E-state index < -0.39 is 19.4 Å². The molecule has 7 atom stereocenters. The van der Waals surface area contributed by atoms with Crippen molar-refractivity contribution in [3.8, 4) is 0 Å². The fourth-order valence-corrected chi connectivity index (χ4v) is 8.88. The molecule has 0 aliphatic heterocycles. The second kappa shape index (κ2) is 14.8. The highest BCUT2D eigenvalue weighted by molar-refractivity contribution is 9.10. The van der Waals surface area contributed by atoms with Gasteiger partial charge in [-0.3, -0.25) is 9.55 Å². The van der Waals surface area contributed by atoms with Crippen LogP contribution in [0.4, 0.5) is 0 Å². The number of esters is 1. The van der Waals surface area contributed by atoms with E-state index in [-0.39, 0.29) is 24.0 Å². The molecule has 232 valence electrons. The first-order chi connectivity index (χ1) is 19.9. The van der Waals surface area contributed by atoms with Crippen LogP contribution in [-0.2, 0) is 23.1 Å². The molecule has 2 saturated carbocycles. The Kier molecular flexibility index (Phi) is 11.7. The van der Waals surface area contributed by atoms with Gasteiger partial charge in [-0.05, 0) is 114 Å². The summed E-state index contributed by atoms with van der Waals surface area (Å²) in [5.41, 5.74) is 0.482. The summed E-state index contributed by atoms with van der Waals surface area (Å²) in [5.74, 6) is 0.877. The fraction of sp³-hybridized carbons (Fsp3) is 0.636. The van der Waals surface area contributed by atoms with Gasteiger partial charge in [0.2, 0.25) is 5.85 Å². The number of hydrogen-bond acceptors (Lipinski definition) is 7. The highest BCUT2D eigenvalue weighted by Crippen LogP contribution is 2.65. The van der Waals surface area contributed by atoms with Gasteiger partial charge < -0.3 is 18.2 Å². The van der Waals surface area contributed by atoms with Crippen molar-refractivity contribution in [1.29, 1.82) is 0 Å². The number of ether oxygens (including phenoxy) is 1. The molecule has 0 aromatic carbocycles. The van der Waals surface area contributed by atoms with Crippen LogP contribution in [0.15, 0.2) is 51.8 Å². The SMILES string of the molecule is CC(C)C1CCC(C)C(OP(=O)(OC2CC(C(C)C)CCC2C)C(OC(=O)C=Cc2ccc(Br)o2)c2cccnc2)C1. The molecule has 7 unspecified atom stereocenters. The second-order valence-corrected chi connectivity index (χ2v) is 15.7. The average Bonchev–Trinajstić information content (AvgIpc) is 3.38. The van der Waals surface area contributed by atoms with E-state index >= 15 is 4.57 Å². The summed E-state index contributed by atoms with van der Waals surface area (Å²) in [6, 6.07) is 6.98.